The van der Waals surface area contributed by atoms with Crippen LogP contribution in [0.4, 0.5) is 0 Å². The third-order valence-corrected chi connectivity index (χ3v) is 6.04. The first-order valence-corrected chi connectivity index (χ1v) is 9.21. The van der Waals surface area contributed by atoms with Crippen LogP contribution in [-0.4, -0.2) is 35.0 Å². The molecule has 0 saturated heterocycles. The van der Waals surface area contributed by atoms with Crippen molar-refractivity contribution >= 4 is 8.56 Å². The molecule has 0 N–H and O–H groups in total. The second kappa shape index (κ2) is 12.3. The fourth-order valence-corrected chi connectivity index (χ4v) is 4.56. The molecule has 0 aromatic rings. The molecule has 0 aromatic heterocycles. The molecule has 4 nitrogen and oxygen atoms in total. The summed E-state index contributed by atoms with van der Waals surface area (Å²) in [4.78, 5) is 0. The predicted octanol–water partition coefficient (Wildman–Crippen LogP) is 3.60. The van der Waals surface area contributed by atoms with E-state index in [1.54, 1.807) is 12.5 Å². The normalized spacial score (nSPS) is 12.4. The molecule has 0 bridgehead atoms. The highest BCUT2D eigenvalue weighted by Crippen LogP contribution is 2.20. The molecule has 0 spiro atoms. The molecule has 0 saturated carbocycles. The van der Waals surface area contributed by atoms with E-state index in [-0.39, 0.29) is 0 Å². The zero-order chi connectivity index (χ0) is 14.4. The van der Waals surface area contributed by atoms with Crippen molar-refractivity contribution in [2.24, 2.45) is 0 Å². The fourth-order valence-electron chi connectivity index (χ4n) is 1.74. The number of ether oxygens (including phenoxy) is 2. The average Bonchev–Trinajstić information content (AvgIpc) is 2.41. The third kappa shape index (κ3) is 8.86. The molecule has 0 rings (SSSR count). The maximum absolute atomic E-state index is 5.94. The maximum atomic E-state index is 5.94. The standard InChI is InChI=1S/C14H28O4Si/c1-5-9-15-11-13-19(17-7-3,18-8-4)14-12-16-10-6-2/h5-6,9-10H,7-8,11-14H2,1-4H3. The van der Waals surface area contributed by atoms with Crippen molar-refractivity contribution in [3.63, 3.8) is 0 Å². The Hall–Kier alpha value is -0.783. The summed E-state index contributed by atoms with van der Waals surface area (Å²) in [6, 6.07) is 1.64. The van der Waals surface area contributed by atoms with Gasteiger partial charge in [0, 0.05) is 25.3 Å². The van der Waals surface area contributed by atoms with Crippen molar-refractivity contribution in [3.05, 3.63) is 24.7 Å². The van der Waals surface area contributed by atoms with Crippen LogP contribution in [0.5, 0.6) is 0 Å². The molecule has 0 heterocycles. The van der Waals surface area contributed by atoms with E-state index in [9.17, 15) is 0 Å². The average molecular weight is 288 g/mol. The van der Waals surface area contributed by atoms with Gasteiger partial charge in [-0.1, -0.05) is 12.2 Å². The van der Waals surface area contributed by atoms with Crippen LogP contribution < -0.4 is 0 Å². The summed E-state index contributed by atoms with van der Waals surface area (Å²) in [5.41, 5.74) is 0. The van der Waals surface area contributed by atoms with Gasteiger partial charge < -0.3 is 18.3 Å². The van der Waals surface area contributed by atoms with Crippen LogP contribution >= 0.6 is 0 Å². The van der Waals surface area contributed by atoms with Crippen LogP contribution in [0.1, 0.15) is 27.7 Å². The first-order valence-electron chi connectivity index (χ1n) is 6.98. The van der Waals surface area contributed by atoms with Crippen LogP contribution in [0.3, 0.4) is 0 Å². The first kappa shape index (κ1) is 18.2. The van der Waals surface area contributed by atoms with E-state index in [1.165, 1.54) is 0 Å². The van der Waals surface area contributed by atoms with Crippen LogP contribution in [0.2, 0.25) is 12.1 Å². The van der Waals surface area contributed by atoms with Gasteiger partial charge in [0.15, 0.2) is 0 Å². The van der Waals surface area contributed by atoms with Gasteiger partial charge in [0.2, 0.25) is 0 Å². The Morgan fingerprint density at radius 3 is 1.53 bits per heavy atom. The molecule has 0 aliphatic rings. The zero-order valence-corrected chi connectivity index (χ0v) is 13.7. The predicted molar refractivity (Wildman–Crippen MR) is 80.2 cm³/mol. The van der Waals surface area contributed by atoms with E-state index in [1.807, 2.05) is 39.8 Å². The van der Waals surface area contributed by atoms with Crippen LogP contribution in [0, 0.1) is 0 Å². The minimum Gasteiger partial charge on any atom is -0.502 e. The molecule has 0 aliphatic heterocycles. The lowest BCUT2D eigenvalue weighted by Crippen LogP contribution is -2.44. The van der Waals surface area contributed by atoms with Crippen molar-refractivity contribution in [1.82, 2.24) is 0 Å². The first-order chi connectivity index (χ1) is 9.24. The van der Waals surface area contributed by atoms with Gasteiger partial charge in [0.05, 0.1) is 25.7 Å². The van der Waals surface area contributed by atoms with Crippen molar-refractivity contribution in [1.29, 1.82) is 0 Å². The molecule has 19 heavy (non-hydrogen) atoms. The highest BCUT2D eigenvalue weighted by Gasteiger charge is 2.36. The van der Waals surface area contributed by atoms with E-state index in [0.717, 1.165) is 12.1 Å². The second-order valence-corrected chi connectivity index (χ2v) is 7.36. The van der Waals surface area contributed by atoms with E-state index in [2.05, 4.69) is 0 Å². The summed E-state index contributed by atoms with van der Waals surface area (Å²) in [6.45, 7) is 10.4. The Morgan fingerprint density at radius 2 is 1.21 bits per heavy atom. The van der Waals surface area contributed by atoms with E-state index in [4.69, 9.17) is 18.3 Å². The molecule has 0 fully saturated rings. The van der Waals surface area contributed by atoms with Gasteiger partial charge in [0.25, 0.3) is 0 Å². The minimum absolute atomic E-state index is 0.625. The molecule has 112 valence electrons. The van der Waals surface area contributed by atoms with Gasteiger partial charge in [-0.25, -0.2) is 0 Å². The van der Waals surface area contributed by atoms with Crippen molar-refractivity contribution < 1.29 is 18.3 Å². The molecule has 5 heteroatoms. The van der Waals surface area contributed by atoms with Gasteiger partial charge in [0.1, 0.15) is 0 Å². The summed E-state index contributed by atoms with van der Waals surface area (Å²) in [6.07, 6.45) is 7.15. The Morgan fingerprint density at radius 1 is 0.789 bits per heavy atom. The molecule has 0 atom stereocenters. The van der Waals surface area contributed by atoms with Gasteiger partial charge in [-0.05, 0) is 27.7 Å². The molecular weight excluding hydrogens is 260 g/mol. The maximum Gasteiger partial charge on any atom is 0.345 e. The summed E-state index contributed by atoms with van der Waals surface area (Å²) in [5, 5.41) is 0. The van der Waals surface area contributed by atoms with Gasteiger partial charge in [-0.3, -0.25) is 0 Å². The van der Waals surface area contributed by atoms with Gasteiger partial charge in [-0.2, -0.15) is 0 Å². The van der Waals surface area contributed by atoms with Crippen LogP contribution in [0.15, 0.2) is 24.7 Å². The SMILES string of the molecule is CC=COCC[Si](CCOC=CC)(OCC)OCC. The summed E-state index contributed by atoms with van der Waals surface area (Å²) in [7, 11) is -2.21. The van der Waals surface area contributed by atoms with Gasteiger partial charge >= 0.3 is 8.56 Å². The highest BCUT2D eigenvalue weighted by molar-refractivity contribution is 6.67. The van der Waals surface area contributed by atoms with Crippen LogP contribution in [0.25, 0.3) is 0 Å². The monoisotopic (exact) mass is 288 g/mol. The third-order valence-electron chi connectivity index (χ3n) is 2.48. The lowest BCUT2D eigenvalue weighted by Gasteiger charge is -2.29. The van der Waals surface area contributed by atoms with Crippen molar-refractivity contribution in [3.8, 4) is 0 Å². The Bertz CT molecular complexity index is 228. The van der Waals surface area contributed by atoms with E-state index < -0.39 is 8.56 Å². The Kier molecular flexibility index (Phi) is 11.8. The summed E-state index contributed by atoms with van der Waals surface area (Å²) < 4.78 is 22.7. The molecule has 0 unspecified atom stereocenters. The number of hydrogen-bond acceptors (Lipinski definition) is 4. The van der Waals surface area contributed by atoms with E-state index in [0.29, 0.717) is 26.4 Å². The Labute approximate surface area is 118 Å². The minimum atomic E-state index is -2.21. The summed E-state index contributed by atoms with van der Waals surface area (Å²) in [5.74, 6) is 0. The quantitative estimate of drug-likeness (QED) is 0.312. The fraction of sp³-hybridized carbons (Fsp3) is 0.714. The van der Waals surface area contributed by atoms with Crippen molar-refractivity contribution in [2.45, 2.75) is 39.8 Å². The zero-order valence-electron chi connectivity index (χ0n) is 12.7. The topological polar surface area (TPSA) is 36.9 Å². The number of rotatable bonds is 12. The lowest BCUT2D eigenvalue weighted by atomic mass is 10.7. The molecule has 0 amide bonds. The molecule has 0 aromatic carbocycles. The molecule has 0 aliphatic carbocycles. The summed E-state index contributed by atoms with van der Waals surface area (Å²) >= 11 is 0. The van der Waals surface area contributed by atoms with Gasteiger partial charge in [-0.15, -0.1) is 0 Å². The van der Waals surface area contributed by atoms with E-state index >= 15 is 0 Å². The lowest BCUT2D eigenvalue weighted by molar-refractivity contribution is 0.158. The number of allylic oxidation sites excluding steroid dienone is 2. The largest absolute Gasteiger partial charge is 0.502 e. The van der Waals surface area contributed by atoms with Crippen molar-refractivity contribution in [2.75, 3.05) is 26.4 Å². The Balaban J connectivity index is 4.37. The highest BCUT2D eigenvalue weighted by atomic mass is 28.4. The number of hydrogen-bond donors (Lipinski definition) is 0. The molecule has 0 radical (unpaired) electrons. The molecular formula is C14H28O4Si. The smallest absolute Gasteiger partial charge is 0.345 e. The second-order valence-electron chi connectivity index (χ2n) is 3.96. The van der Waals surface area contributed by atoms with Crippen LogP contribution in [-0.2, 0) is 18.3 Å².